The van der Waals surface area contributed by atoms with Crippen molar-refractivity contribution in [2.24, 2.45) is 10.5 Å². The number of hydrogen-bond acceptors (Lipinski definition) is 6. The average Bonchev–Trinajstić information content (AvgIpc) is 3.11. The second-order valence-corrected chi connectivity index (χ2v) is 9.70. The highest BCUT2D eigenvalue weighted by molar-refractivity contribution is 6.31. The molecule has 172 valence electrons. The Morgan fingerprint density at radius 1 is 1.03 bits per heavy atom. The summed E-state index contributed by atoms with van der Waals surface area (Å²) in [5.74, 6) is 0.699. The zero-order chi connectivity index (χ0) is 23.4. The van der Waals surface area contributed by atoms with Crippen molar-refractivity contribution >= 4 is 40.5 Å². The highest BCUT2D eigenvalue weighted by Crippen LogP contribution is 2.48. The van der Waals surface area contributed by atoms with E-state index in [-0.39, 0.29) is 11.9 Å². The van der Waals surface area contributed by atoms with Crippen LogP contribution < -0.4 is 14.8 Å². The van der Waals surface area contributed by atoms with Crippen molar-refractivity contribution in [3.05, 3.63) is 77.1 Å². The summed E-state index contributed by atoms with van der Waals surface area (Å²) >= 11 is 6.40. The highest BCUT2D eigenvalue weighted by atomic mass is 35.5. The van der Waals surface area contributed by atoms with Crippen LogP contribution in [-0.4, -0.2) is 47.3 Å². The molecule has 8 heteroatoms. The van der Waals surface area contributed by atoms with Crippen molar-refractivity contribution in [2.75, 3.05) is 34.4 Å². The van der Waals surface area contributed by atoms with Gasteiger partial charge in [-0.05, 0) is 56.2 Å². The number of hydrazone groups is 1. The molecule has 0 N–H and O–H groups in total. The summed E-state index contributed by atoms with van der Waals surface area (Å²) in [5.41, 5.74) is 4.22. The van der Waals surface area contributed by atoms with E-state index in [1.165, 1.54) is 0 Å². The Hall–Kier alpha value is -3.45. The maximum Gasteiger partial charge on any atom is 0.261 e. The Bertz CT molecular complexity index is 1290. The predicted molar refractivity (Wildman–Crippen MR) is 135 cm³/mol. The summed E-state index contributed by atoms with van der Waals surface area (Å²) in [7, 11) is 0. The Morgan fingerprint density at radius 3 is 2.56 bits per heavy atom. The van der Waals surface area contributed by atoms with Crippen molar-refractivity contribution in [1.29, 1.82) is 0 Å². The largest absolute Gasteiger partial charge is 0.363 e. The standard InChI is InChI=1S/C26H25ClN6O/c1-17-4-8-21(9-5-17)33-24(34)26(18(2)30-33)15-19-6-7-20(27)14-22(19)32-13-12-31(16-23(26)32)25-28-10-3-11-29-25/h3-11,14,23H,12-13,15-16H2,1-2H3/t23-,26+/m1/s1. The molecular weight excluding hydrogens is 448 g/mol. The van der Waals surface area contributed by atoms with Crippen molar-refractivity contribution in [3.63, 3.8) is 0 Å². The number of benzene rings is 2. The minimum absolute atomic E-state index is 0.0142. The molecule has 34 heavy (non-hydrogen) atoms. The van der Waals surface area contributed by atoms with E-state index in [4.69, 9.17) is 16.7 Å². The molecule has 1 saturated heterocycles. The quantitative estimate of drug-likeness (QED) is 0.562. The first-order chi connectivity index (χ1) is 16.5. The molecule has 3 aliphatic heterocycles. The molecule has 1 amide bonds. The molecule has 2 aromatic carbocycles. The SMILES string of the molecule is CC1=NN(c2ccc(C)cc2)C(=O)[C@@]12Cc1ccc(Cl)cc1N1CCN(c3ncccn3)C[C@@H]12. The number of halogens is 1. The van der Waals surface area contributed by atoms with E-state index in [0.29, 0.717) is 23.9 Å². The molecule has 1 aromatic heterocycles. The number of amides is 1. The number of carbonyl (C=O) groups excluding carboxylic acids is 1. The van der Waals surface area contributed by atoms with Crippen LogP contribution in [0.1, 0.15) is 18.1 Å². The van der Waals surface area contributed by atoms with Crippen LogP contribution in [0.2, 0.25) is 5.02 Å². The highest BCUT2D eigenvalue weighted by Gasteiger charge is 2.60. The smallest absolute Gasteiger partial charge is 0.261 e. The first kappa shape index (κ1) is 21.1. The van der Waals surface area contributed by atoms with Crippen LogP contribution in [-0.2, 0) is 11.2 Å². The molecule has 0 radical (unpaired) electrons. The topological polar surface area (TPSA) is 64.9 Å². The van der Waals surface area contributed by atoms with E-state index in [2.05, 4.69) is 25.8 Å². The van der Waals surface area contributed by atoms with Gasteiger partial charge in [-0.15, -0.1) is 0 Å². The molecule has 3 aromatic rings. The minimum Gasteiger partial charge on any atom is -0.363 e. The van der Waals surface area contributed by atoms with E-state index >= 15 is 0 Å². The average molecular weight is 473 g/mol. The number of anilines is 3. The van der Waals surface area contributed by atoms with Crippen LogP contribution in [0.5, 0.6) is 0 Å². The molecule has 2 atom stereocenters. The number of fused-ring (bicyclic) bond motifs is 4. The fourth-order valence-corrected chi connectivity index (χ4v) is 5.74. The molecule has 1 fully saturated rings. The molecule has 1 spiro atoms. The molecule has 0 saturated carbocycles. The van der Waals surface area contributed by atoms with Gasteiger partial charge in [0.1, 0.15) is 5.41 Å². The number of aryl methyl sites for hydroxylation is 1. The summed E-state index contributed by atoms with van der Waals surface area (Å²) in [6, 6.07) is 15.6. The van der Waals surface area contributed by atoms with Gasteiger partial charge in [0, 0.05) is 42.7 Å². The third-order valence-corrected chi connectivity index (χ3v) is 7.59. The van der Waals surface area contributed by atoms with Crippen LogP contribution in [0.15, 0.2) is 66.0 Å². The lowest BCUT2D eigenvalue weighted by Crippen LogP contribution is -2.67. The normalized spacial score (nSPS) is 23.7. The van der Waals surface area contributed by atoms with Crippen LogP contribution in [0.4, 0.5) is 17.3 Å². The summed E-state index contributed by atoms with van der Waals surface area (Å²) in [4.78, 5) is 27.7. The van der Waals surface area contributed by atoms with Crippen LogP contribution in [0, 0.1) is 12.3 Å². The summed E-state index contributed by atoms with van der Waals surface area (Å²) in [6.07, 6.45) is 4.10. The van der Waals surface area contributed by atoms with E-state index in [1.807, 2.05) is 56.3 Å². The molecule has 0 unspecified atom stereocenters. The van der Waals surface area contributed by atoms with Gasteiger partial charge in [-0.2, -0.15) is 10.1 Å². The lowest BCUT2D eigenvalue weighted by Gasteiger charge is -2.53. The maximum absolute atomic E-state index is 14.3. The van der Waals surface area contributed by atoms with Crippen molar-refractivity contribution in [1.82, 2.24) is 9.97 Å². The van der Waals surface area contributed by atoms with E-state index < -0.39 is 5.41 Å². The summed E-state index contributed by atoms with van der Waals surface area (Å²) in [6.45, 7) is 6.14. The zero-order valence-corrected chi connectivity index (χ0v) is 19.9. The lowest BCUT2D eigenvalue weighted by atomic mass is 9.67. The van der Waals surface area contributed by atoms with E-state index in [1.54, 1.807) is 17.4 Å². The van der Waals surface area contributed by atoms with Gasteiger partial charge in [-0.25, -0.2) is 9.97 Å². The third kappa shape index (κ3) is 3.10. The molecular formula is C26H25ClN6O. The van der Waals surface area contributed by atoms with Crippen LogP contribution in [0.25, 0.3) is 0 Å². The fourth-order valence-electron chi connectivity index (χ4n) is 5.58. The number of carbonyl (C=O) groups is 1. The Morgan fingerprint density at radius 2 is 1.79 bits per heavy atom. The van der Waals surface area contributed by atoms with Gasteiger partial charge in [-0.1, -0.05) is 35.4 Å². The molecule has 7 nitrogen and oxygen atoms in total. The second kappa shape index (κ2) is 7.81. The number of rotatable bonds is 2. The van der Waals surface area contributed by atoms with Crippen molar-refractivity contribution in [3.8, 4) is 0 Å². The predicted octanol–water partition coefficient (Wildman–Crippen LogP) is 4.10. The van der Waals surface area contributed by atoms with Gasteiger partial charge < -0.3 is 9.80 Å². The van der Waals surface area contributed by atoms with Crippen molar-refractivity contribution < 1.29 is 4.79 Å². The number of hydrogen-bond donors (Lipinski definition) is 0. The first-order valence-electron chi connectivity index (χ1n) is 11.5. The summed E-state index contributed by atoms with van der Waals surface area (Å²) in [5, 5.41) is 7.11. The molecule has 6 rings (SSSR count). The maximum atomic E-state index is 14.3. The van der Waals surface area contributed by atoms with Gasteiger partial charge in [0.25, 0.3) is 5.91 Å². The van der Waals surface area contributed by atoms with Crippen molar-refractivity contribution in [2.45, 2.75) is 26.3 Å². The summed E-state index contributed by atoms with van der Waals surface area (Å²) < 4.78 is 0. The first-order valence-corrected chi connectivity index (χ1v) is 11.9. The number of nitrogens with zero attached hydrogens (tertiary/aromatic N) is 6. The molecule has 4 heterocycles. The molecule has 3 aliphatic rings. The van der Waals surface area contributed by atoms with Gasteiger partial charge in [0.05, 0.1) is 17.4 Å². The van der Waals surface area contributed by atoms with E-state index in [9.17, 15) is 4.79 Å². The van der Waals surface area contributed by atoms with Gasteiger partial charge in [-0.3, -0.25) is 4.79 Å². The Labute approximate surface area is 203 Å². The Balaban J connectivity index is 1.46. The second-order valence-electron chi connectivity index (χ2n) is 9.26. The van der Waals surface area contributed by atoms with Crippen LogP contribution in [0.3, 0.4) is 0 Å². The van der Waals surface area contributed by atoms with E-state index in [0.717, 1.165) is 41.3 Å². The monoisotopic (exact) mass is 472 g/mol. The van der Waals surface area contributed by atoms with Gasteiger partial charge in [0.15, 0.2) is 0 Å². The number of aromatic nitrogens is 2. The molecule has 0 bridgehead atoms. The van der Waals surface area contributed by atoms with Gasteiger partial charge >= 0.3 is 0 Å². The fraction of sp³-hybridized carbons (Fsp3) is 0.308. The Kier molecular flexibility index (Phi) is 4.85. The zero-order valence-electron chi connectivity index (χ0n) is 19.1. The lowest BCUT2D eigenvalue weighted by molar-refractivity contribution is -0.125. The molecule has 0 aliphatic carbocycles. The third-order valence-electron chi connectivity index (χ3n) is 7.36. The van der Waals surface area contributed by atoms with Crippen LogP contribution >= 0.6 is 11.6 Å². The van der Waals surface area contributed by atoms with Gasteiger partial charge in [0.2, 0.25) is 5.95 Å². The number of piperazine rings is 1. The minimum atomic E-state index is -0.779.